The van der Waals surface area contributed by atoms with Crippen LogP contribution in [0, 0.1) is 68.1 Å². The van der Waals surface area contributed by atoms with Gasteiger partial charge in [0, 0.05) is 99.8 Å². The Labute approximate surface area is 587 Å². The Hall–Kier alpha value is -8.76. The molecule has 1 fully saturated rings. The van der Waals surface area contributed by atoms with Crippen molar-refractivity contribution >= 4 is 59.5 Å². The molecule has 1 saturated heterocycles. The lowest BCUT2D eigenvalue weighted by Gasteiger charge is -2.38. The molecule has 1 spiro atoms. The Bertz CT molecular complexity index is 3760. The maximum absolute atomic E-state index is 15.1. The van der Waals surface area contributed by atoms with Gasteiger partial charge in [0.2, 0.25) is 17.6 Å². The predicted octanol–water partition coefficient (Wildman–Crippen LogP) is 9.81. The molecular weight excluding hydrogens is 1280 g/mol. The van der Waals surface area contributed by atoms with Gasteiger partial charge >= 0.3 is 17.7 Å². The number of rotatable bonds is 22. The number of carbonyl (C=O) groups is 9. The van der Waals surface area contributed by atoms with Crippen LogP contribution in [-0.4, -0.2) is 149 Å². The third-order valence-corrected chi connectivity index (χ3v) is 20.8. The molecule has 0 unspecified atom stereocenters. The van der Waals surface area contributed by atoms with Crippen LogP contribution in [0.3, 0.4) is 0 Å². The molecule has 3 aromatic carbocycles. The number of phenolic OH excluding ortho intramolecular Hbond substituents is 1. The van der Waals surface area contributed by atoms with Crippen molar-refractivity contribution in [1.29, 1.82) is 0 Å². The van der Waals surface area contributed by atoms with E-state index in [4.69, 9.17) is 28.7 Å². The molecule has 5 aliphatic heterocycles. The number of aliphatic hydroxyl groups is 1. The number of Topliss-reactive ketones (excluding diaryl/α,β-unsaturated/α-hetero) is 2. The summed E-state index contributed by atoms with van der Waals surface area (Å²) < 4.78 is 31.0. The van der Waals surface area contributed by atoms with E-state index < -0.39 is 107 Å². The van der Waals surface area contributed by atoms with E-state index in [1.807, 2.05) is 84.9 Å². The number of amides is 3. The molecule has 100 heavy (non-hydrogen) atoms. The monoisotopic (exact) mass is 1380 g/mol. The fraction of sp³-hybridized carbons (Fsp3) is 0.538. The highest BCUT2D eigenvalue weighted by Crippen LogP contribution is 2.51. The molecule has 0 saturated carbocycles. The number of ketones is 2. The number of esters is 2. The first-order chi connectivity index (χ1) is 47.4. The molecule has 22 nitrogen and oxygen atoms in total. The number of hydrogen-bond acceptors (Lipinski definition) is 19. The number of nitrogens with zero attached hydrogens (tertiary/aromatic N) is 3. The number of fused-ring (bicyclic) bond motifs is 13. The van der Waals surface area contributed by atoms with E-state index in [0.717, 1.165) is 12.1 Å². The smallest absolute Gasteiger partial charge is 0.325 e. The van der Waals surface area contributed by atoms with Crippen molar-refractivity contribution in [2.45, 2.75) is 184 Å². The lowest BCUT2D eigenvalue weighted by molar-refractivity contribution is -0.161. The third-order valence-electron chi connectivity index (χ3n) is 20.8. The van der Waals surface area contributed by atoms with Crippen LogP contribution in [0.25, 0.3) is 0 Å². The summed E-state index contributed by atoms with van der Waals surface area (Å²) >= 11 is 0. The Kier molecular flexibility index (Phi) is 25.5. The van der Waals surface area contributed by atoms with Crippen LogP contribution in [0.4, 0.5) is 0 Å². The molecule has 10 atom stereocenters. The van der Waals surface area contributed by atoms with Gasteiger partial charge in [0.25, 0.3) is 11.7 Å². The maximum Gasteiger partial charge on any atom is 0.325 e. The van der Waals surface area contributed by atoms with Gasteiger partial charge < -0.3 is 69.2 Å². The normalized spacial score (nSPS) is 25.3. The van der Waals surface area contributed by atoms with E-state index in [-0.39, 0.29) is 106 Å². The second-order valence-electron chi connectivity index (χ2n) is 28.7. The Morgan fingerprint density at radius 3 is 2.22 bits per heavy atom. The number of aldehydes is 2. The molecule has 1 aliphatic carbocycles. The van der Waals surface area contributed by atoms with E-state index in [9.17, 15) is 48.6 Å². The molecule has 9 rings (SSSR count). The second-order valence-corrected chi connectivity index (χ2v) is 28.7. The summed E-state index contributed by atoms with van der Waals surface area (Å²) in [6.07, 6.45) is 10.1. The fourth-order valence-corrected chi connectivity index (χ4v) is 14.1. The zero-order valence-corrected chi connectivity index (χ0v) is 60.7. The van der Waals surface area contributed by atoms with E-state index >= 15 is 4.79 Å². The number of ether oxygens (including phenoxy) is 5. The third kappa shape index (κ3) is 17.3. The van der Waals surface area contributed by atoms with Gasteiger partial charge in [-0.1, -0.05) is 111 Å². The quantitative estimate of drug-likeness (QED) is 0.0205. The van der Waals surface area contributed by atoms with Gasteiger partial charge in [-0.05, 0) is 112 Å². The number of aliphatic imine (C=N–C) groups is 1. The zero-order valence-electron chi connectivity index (χ0n) is 60.7. The largest absolute Gasteiger partial charge is 0.507 e. The molecule has 0 aromatic heterocycles. The lowest BCUT2D eigenvalue weighted by Crippen LogP contribution is -2.50. The van der Waals surface area contributed by atoms with Crippen molar-refractivity contribution in [1.82, 2.24) is 25.8 Å². The number of unbranched alkanes of at least 4 members (excludes halogenated alkanes) is 1. The van der Waals surface area contributed by atoms with E-state index in [1.54, 1.807) is 52.0 Å². The van der Waals surface area contributed by atoms with E-state index in [0.29, 0.717) is 86.1 Å². The molecule has 3 amide bonds. The average molecular weight is 1380 g/mol. The number of aryl methyl sites for hydroxylation is 1. The number of piperidine rings is 1. The summed E-state index contributed by atoms with van der Waals surface area (Å²) in [6, 6.07) is 9.61. The van der Waals surface area contributed by atoms with Crippen LogP contribution in [0.5, 0.6) is 23.0 Å². The van der Waals surface area contributed by atoms with Crippen LogP contribution in [-0.2, 0) is 55.9 Å². The minimum atomic E-state index is -1.93. The van der Waals surface area contributed by atoms with Crippen molar-refractivity contribution in [2.75, 3.05) is 39.8 Å². The highest BCUT2D eigenvalue weighted by molar-refractivity contribution is 6.34. The number of hydrogen-bond donors (Lipinski definition) is 5. The highest BCUT2D eigenvalue weighted by Gasteiger charge is 2.55. The molecule has 5 bridgehead atoms. The number of phenols is 1. The number of carbonyl (C=O) groups excluding carboxylic acids is 9. The highest BCUT2D eigenvalue weighted by atomic mass is 16.7. The van der Waals surface area contributed by atoms with E-state index in [1.165, 1.54) is 25.1 Å². The van der Waals surface area contributed by atoms with Crippen LogP contribution < -0.4 is 30.2 Å². The zero-order chi connectivity index (χ0) is 73.2. The van der Waals surface area contributed by atoms with Gasteiger partial charge in [-0.2, -0.15) is 0 Å². The topological polar surface area (TPSA) is 295 Å². The molecule has 540 valence electrons. The van der Waals surface area contributed by atoms with Crippen molar-refractivity contribution in [3.05, 3.63) is 128 Å². The van der Waals surface area contributed by atoms with Gasteiger partial charge in [-0.15, -0.1) is 0 Å². The molecule has 6 aliphatic rings. The van der Waals surface area contributed by atoms with Gasteiger partial charge in [0.1, 0.15) is 65.6 Å². The Morgan fingerprint density at radius 2 is 1.56 bits per heavy atom. The number of allylic oxidation sites excluding steroid dienone is 5. The summed E-state index contributed by atoms with van der Waals surface area (Å²) in [5.41, 5.74) is 2.23. The van der Waals surface area contributed by atoms with Crippen LogP contribution in [0.15, 0.2) is 88.9 Å². The number of likely N-dealkylation sites (tertiary alicyclic amines) is 1. The molecule has 5 heterocycles. The number of benzene rings is 3. The average Bonchev–Trinajstić information content (AvgIpc) is 1.52. The first kappa shape index (κ1) is 77.0. The van der Waals surface area contributed by atoms with Gasteiger partial charge in [-0.3, -0.25) is 38.6 Å². The fourth-order valence-electron chi connectivity index (χ4n) is 14.1. The first-order valence-corrected chi connectivity index (χ1v) is 35.3. The molecule has 22 heteroatoms. The standard InChI is InChI=1S/C78H102N6O16/c1-16-60(88)98-58-37-47(7)71(96-35-21-20-27-55(41-85)42-86)51(11)56(58)28-29-59(87)79-57(38-54-25-18-17-19-26-54)76(95)83(15)40-61(89)99-72-45(5)23-22-24-46(6)75(94)80-67-66-65(81-78(82-66)31-33-84(34-32-78)39-43(2)3)62-63(70(67)92)69(91)53(13)73-64(62)74(93)77(14,100-73)97-36-30-44(4)48(8)49(9)50(10)68(90)52(72)12/h17-19,22-26,30,36-37,41-45,48-50,52,55,57,68,72,82,90-91H,16,20-21,27-29,31-35,38-40H2,1-15H3,(H,79,87)(H,80,94)/b23-22+,36-30+,46-24-/t44-,45-,48+,49+,50-,52-,57-,68-,72-,77-/m0/s1. The number of nitrogens with one attached hydrogen (secondary N) is 3. The van der Waals surface area contributed by atoms with Crippen molar-refractivity contribution in [3.63, 3.8) is 0 Å². The Morgan fingerprint density at radius 1 is 0.870 bits per heavy atom. The summed E-state index contributed by atoms with van der Waals surface area (Å²) in [4.78, 5) is 132. The first-order valence-electron chi connectivity index (χ1n) is 35.3. The molecule has 5 N–H and O–H groups in total. The second kappa shape index (κ2) is 33.1. The lowest BCUT2D eigenvalue weighted by atomic mass is 9.72. The van der Waals surface area contributed by atoms with Crippen LogP contribution in [0.1, 0.15) is 175 Å². The van der Waals surface area contributed by atoms with Crippen molar-refractivity contribution in [3.8, 4) is 23.0 Å². The number of aromatic hydroxyl groups is 1. The summed E-state index contributed by atoms with van der Waals surface area (Å²) in [5.74, 6) is -8.31. The van der Waals surface area contributed by atoms with Crippen molar-refractivity contribution in [2.24, 2.45) is 52.3 Å². The molecular formula is C78H102N6O16. The SMILES string of the molecule is CCC(=O)Oc1cc(C)c(OCCCCC(C=O)C=O)c(C)c1CCC(=O)N[C@@H](Cc1ccccc1)C(=O)N(C)CC(=O)O[C@@H]1[C@@H](C)[C@@H](O)[C@@H](C)[C@H](C)[C@H](C)[C@@H](C)/C=C/O[C@@]2(C)Oc3c(C)c(O)c4c(c3C2=O)C2=NC3(CCN(CC(C)C)CC3)NC2=C(NC(=O)/C(C)=C\C=C\[C@@H]1C)C4=O. The van der Waals surface area contributed by atoms with Gasteiger partial charge in [0.05, 0.1) is 47.4 Å². The predicted molar refractivity (Wildman–Crippen MR) is 377 cm³/mol. The van der Waals surface area contributed by atoms with Gasteiger partial charge in [-0.25, -0.2) is 0 Å². The Balaban J connectivity index is 1.05. The summed E-state index contributed by atoms with van der Waals surface area (Å²) in [5, 5.41) is 33.8. The minimum Gasteiger partial charge on any atom is -0.507 e. The minimum absolute atomic E-state index is 0.0373. The van der Waals surface area contributed by atoms with Crippen molar-refractivity contribution < 1.29 is 77.0 Å². The number of likely N-dealkylation sites (N-methyl/N-ethyl adjacent to an activating group) is 1. The van der Waals surface area contributed by atoms with Crippen LogP contribution in [0.2, 0.25) is 0 Å². The molecule has 3 aromatic rings. The maximum atomic E-state index is 15.1. The number of aliphatic hydroxyl groups excluding tert-OH is 1. The van der Waals surface area contributed by atoms with E-state index in [2.05, 4.69) is 34.7 Å². The summed E-state index contributed by atoms with van der Waals surface area (Å²) in [6.45, 7) is 27.8. The van der Waals surface area contributed by atoms with Gasteiger partial charge in [0.15, 0.2) is 0 Å². The summed E-state index contributed by atoms with van der Waals surface area (Å²) in [7, 11) is 1.44. The van der Waals surface area contributed by atoms with Crippen LogP contribution >= 0.6 is 0 Å². The molecule has 0 radical (unpaired) electrons.